The fourth-order valence-corrected chi connectivity index (χ4v) is 4.84. The maximum Gasteiger partial charge on any atom is 0.261 e. The van der Waals surface area contributed by atoms with E-state index in [1.807, 2.05) is 6.92 Å². The standard InChI is InChI=1S/C15H20N4O4S/c1-8-13(11(4)23-18-8)15(20)16-14-9(2)17-19(10(14)3)12-5-6-24(21,22)7-12/h12H,5-7H2,1-4H3,(H,16,20). The third-order valence-corrected chi connectivity index (χ3v) is 6.13. The molecule has 2 aromatic heterocycles. The quantitative estimate of drug-likeness (QED) is 0.901. The molecule has 130 valence electrons. The van der Waals surface area contributed by atoms with E-state index in [0.717, 1.165) is 5.69 Å². The van der Waals surface area contributed by atoms with Crippen LogP contribution in [0.2, 0.25) is 0 Å². The minimum atomic E-state index is -3.00. The Balaban J connectivity index is 1.89. The van der Waals surface area contributed by atoms with E-state index >= 15 is 0 Å². The van der Waals surface area contributed by atoms with Crippen LogP contribution < -0.4 is 5.32 Å². The molecule has 0 aliphatic carbocycles. The highest BCUT2D eigenvalue weighted by Crippen LogP contribution is 2.29. The Morgan fingerprint density at radius 3 is 2.50 bits per heavy atom. The van der Waals surface area contributed by atoms with Crippen LogP contribution in [-0.2, 0) is 9.84 Å². The predicted octanol–water partition coefficient (Wildman–Crippen LogP) is 1.72. The van der Waals surface area contributed by atoms with Crippen molar-refractivity contribution in [2.45, 2.75) is 40.2 Å². The highest BCUT2D eigenvalue weighted by atomic mass is 32.2. The van der Waals surface area contributed by atoms with Gasteiger partial charge in [0, 0.05) is 0 Å². The highest BCUT2D eigenvalue weighted by Gasteiger charge is 2.32. The van der Waals surface area contributed by atoms with Gasteiger partial charge in [0.05, 0.1) is 40.3 Å². The Kier molecular flexibility index (Phi) is 3.98. The summed E-state index contributed by atoms with van der Waals surface area (Å²) in [7, 11) is -3.00. The molecule has 1 aliphatic heterocycles. The van der Waals surface area contributed by atoms with Gasteiger partial charge in [0.1, 0.15) is 11.3 Å². The lowest BCUT2D eigenvalue weighted by molar-refractivity contribution is 0.102. The van der Waals surface area contributed by atoms with E-state index in [2.05, 4.69) is 15.6 Å². The zero-order valence-electron chi connectivity index (χ0n) is 14.1. The summed E-state index contributed by atoms with van der Waals surface area (Å²) >= 11 is 0. The van der Waals surface area contributed by atoms with Gasteiger partial charge in [0.2, 0.25) is 0 Å². The minimum absolute atomic E-state index is 0.0895. The Morgan fingerprint density at radius 1 is 1.25 bits per heavy atom. The van der Waals surface area contributed by atoms with Gasteiger partial charge < -0.3 is 9.84 Å². The molecular formula is C15H20N4O4S. The molecule has 1 unspecified atom stereocenters. The van der Waals surface area contributed by atoms with Gasteiger partial charge in [0.25, 0.3) is 5.91 Å². The molecule has 3 rings (SSSR count). The molecule has 1 atom stereocenters. The Hall–Kier alpha value is -2.16. The largest absolute Gasteiger partial charge is 0.361 e. The van der Waals surface area contributed by atoms with Gasteiger partial charge in [-0.25, -0.2) is 8.42 Å². The van der Waals surface area contributed by atoms with Gasteiger partial charge in [-0.05, 0) is 34.1 Å². The number of carbonyl (C=O) groups excluding carboxylic acids is 1. The van der Waals surface area contributed by atoms with E-state index < -0.39 is 9.84 Å². The first-order valence-corrected chi connectivity index (χ1v) is 9.52. The van der Waals surface area contributed by atoms with Crippen molar-refractivity contribution >= 4 is 21.4 Å². The number of aromatic nitrogens is 3. The Bertz CT molecular complexity index is 891. The number of rotatable bonds is 3. The SMILES string of the molecule is Cc1nn(C2CCS(=O)(=O)C2)c(C)c1NC(=O)c1c(C)noc1C. The van der Waals surface area contributed by atoms with Crippen LogP contribution in [0.5, 0.6) is 0 Å². The molecule has 1 fully saturated rings. The number of amides is 1. The second-order valence-electron chi connectivity index (χ2n) is 6.20. The zero-order chi connectivity index (χ0) is 17.6. The molecule has 9 heteroatoms. The summed E-state index contributed by atoms with van der Waals surface area (Å²) in [6, 6.07) is -0.182. The number of hydrogen-bond donors (Lipinski definition) is 1. The molecule has 3 heterocycles. The molecule has 1 amide bonds. The van der Waals surface area contributed by atoms with Crippen molar-refractivity contribution in [1.29, 1.82) is 0 Å². The van der Waals surface area contributed by atoms with Crippen LogP contribution in [0.3, 0.4) is 0 Å². The third kappa shape index (κ3) is 2.83. The van der Waals surface area contributed by atoms with Crippen LogP contribution in [0, 0.1) is 27.7 Å². The van der Waals surface area contributed by atoms with E-state index in [9.17, 15) is 13.2 Å². The van der Waals surface area contributed by atoms with Crippen molar-refractivity contribution in [2.24, 2.45) is 0 Å². The van der Waals surface area contributed by atoms with Crippen molar-refractivity contribution < 1.29 is 17.7 Å². The van der Waals surface area contributed by atoms with E-state index in [0.29, 0.717) is 34.8 Å². The van der Waals surface area contributed by atoms with Crippen LogP contribution in [0.4, 0.5) is 5.69 Å². The lowest BCUT2D eigenvalue weighted by Crippen LogP contribution is -2.16. The van der Waals surface area contributed by atoms with Crippen molar-refractivity contribution in [1.82, 2.24) is 14.9 Å². The lowest BCUT2D eigenvalue weighted by Gasteiger charge is -2.11. The number of aryl methyl sites for hydroxylation is 3. The summed E-state index contributed by atoms with van der Waals surface area (Å²) in [5.41, 5.74) is 2.93. The highest BCUT2D eigenvalue weighted by molar-refractivity contribution is 7.91. The summed E-state index contributed by atoms with van der Waals surface area (Å²) < 4.78 is 30.1. The summed E-state index contributed by atoms with van der Waals surface area (Å²) in [5.74, 6) is 0.411. The van der Waals surface area contributed by atoms with Crippen molar-refractivity contribution in [3.63, 3.8) is 0 Å². The fourth-order valence-electron chi connectivity index (χ4n) is 3.15. The van der Waals surface area contributed by atoms with Crippen LogP contribution in [-0.4, -0.2) is 40.8 Å². The van der Waals surface area contributed by atoms with Crippen molar-refractivity contribution in [3.05, 3.63) is 28.4 Å². The third-order valence-electron chi connectivity index (χ3n) is 4.38. The maximum absolute atomic E-state index is 12.5. The summed E-state index contributed by atoms with van der Waals surface area (Å²) in [5, 5.41) is 11.1. The smallest absolute Gasteiger partial charge is 0.261 e. The summed E-state index contributed by atoms with van der Waals surface area (Å²) in [6.45, 7) is 7.00. The first-order valence-electron chi connectivity index (χ1n) is 7.70. The molecule has 0 radical (unpaired) electrons. The van der Waals surface area contributed by atoms with Gasteiger partial charge in [-0.3, -0.25) is 9.48 Å². The molecule has 1 aliphatic rings. The van der Waals surface area contributed by atoms with Gasteiger partial charge >= 0.3 is 0 Å². The number of nitrogens with one attached hydrogen (secondary N) is 1. The molecule has 0 bridgehead atoms. The fraction of sp³-hybridized carbons (Fsp3) is 0.533. The topological polar surface area (TPSA) is 107 Å². The van der Waals surface area contributed by atoms with Crippen molar-refractivity contribution in [3.8, 4) is 0 Å². The van der Waals surface area contributed by atoms with Crippen LogP contribution in [0.1, 0.15) is 45.7 Å². The van der Waals surface area contributed by atoms with Gasteiger partial charge in [0.15, 0.2) is 9.84 Å². The van der Waals surface area contributed by atoms with E-state index in [4.69, 9.17) is 4.52 Å². The molecule has 8 nitrogen and oxygen atoms in total. The molecule has 1 saturated heterocycles. The Labute approximate surface area is 140 Å². The molecule has 0 aromatic carbocycles. The monoisotopic (exact) mass is 352 g/mol. The van der Waals surface area contributed by atoms with E-state index in [-0.39, 0.29) is 23.5 Å². The maximum atomic E-state index is 12.5. The molecule has 24 heavy (non-hydrogen) atoms. The molecule has 0 saturated carbocycles. The van der Waals surface area contributed by atoms with Crippen LogP contribution in [0.25, 0.3) is 0 Å². The first kappa shape index (κ1) is 16.7. The molecule has 0 spiro atoms. The number of sulfone groups is 1. The number of nitrogens with zero attached hydrogens (tertiary/aromatic N) is 3. The van der Waals surface area contributed by atoms with Gasteiger partial charge in [-0.15, -0.1) is 0 Å². The summed E-state index contributed by atoms with van der Waals surface area (Å²) in [4.78, 5) is 12.5. The molecule has 1 N–H and O–H groups in total. The van der Waals surface area contributed by atoms with Crippen molar-refractivity contribution in [2.75, 3.05) is 16.8 Å². The first-order chi connectivity index (χ1) is 11.2. The van der Waals surface area contributed by atoms with E-state index in [1.54, 1.807) is 25.5 Å². The van der Waals surface area contributed by atoms with Gasteiger partial charge in [-0.1, -0.05) is 5.16 Å². The normalized spacial score (nSPS) is 19.6. The van der Waals surface area contributed by atoms with Crippen LogP contribution >= 0.6 is 0 Å². The average Bonchev–Trinajstić information content (AvgIpc) is 3.10. The predicted molar refractivity (Wildman–Crippen MR) is 87.9 cm³/mol. The number of carbonyl (C=O) groups is 1. The minimum Gasteiger partial charge on any atom is -0.361 e. The zero-order valence-corrected chi connectivity index (χ0v) is 14.9. The summed E-state index contributed by atoms with van der Waals surface area (Å²) in [6.07, 6.45) is 0.543. The number of anilines is 1. The number of hydrogen-bond acceptors (Lipinski definition) is 6. The second kappa shape index (κ2) is 5.73. The van der Waals surface area contributed by atoms with Crippen LogP contribution in [0.15, 0.2) is 4.52 Å². The van der Waals surface area contributed by atoms with Gasteiger partial charge in [-0.2, -0.15) is 5.10 Å². The molecular weight excluding hydrogens is 332 g/mol. The Morgan fingerprint density at radius 2 is 1.96 bits per heavy atom. The average molecular weight is 352 g/mol. The molecule has 2 aromatic rings. The van der Waals surface area contributed by atoms with E-state index in [1.165, 1.54) is 0 Å². The lowest BCUT2D eigenvalue weighted by atomic mass is 10.2. The second-order valence-corrected chi connectivity index (χ2v) is 8.43.